The number of hydrogen-bond donors (Lipinski definition) is 1. The molecule has 108 valence electrons. The lowest BCUT2D eigenvalue weighted by Crippen LogP contribution is -2.56. The number of nitrogens with two attached hydrogens (primary N) is 1. The van der Waals surface area contributed by atoms with Crippen molar-refractivity contribution in [2.45, 2.75) is 38.6 Å². The molecule has 1 aliphatic heterocycles. The molecule has 1 saturated heterocycles. The molecule has 0 aliphatic carbocycles. The molecule has 0 aromatic rings. The van der Waals surface area contributed by atoms with Gasteiger partial charge < -0.3 is 5.73 Å². The van der Waals surface area contributed by atoms with E-state index < -0.39 is 9.84 Å². The Balaban J connectivity index is 2.94. The summed E-state index contributed by atoms with van der Waals surface area (Å²) < 4.78 is 24.4. The molecule has 0 radical (unpaired) electrons. The van der Waals surface area contributed by atoms with Crippen molar-refractivity contribution in [1.82, 2.24) is 4.90 Å². The van der Waals surface area contributed by atoms with E-state index in [-0.39, 0.29) is 17.2 Å². The Bertz CT molecular complexity index is 346. The zero-order valence-corrected chi connectivity index (χ0v) is 13.3. The predicted molar refractivity (Wildman–Crippen MR) is 79.6 cm³/mol. The number of nitrogens with zero attached hydrogens (tertiary/aromatic N) is 1. The molecule has 4 nitrogen and oxygen atoms in total. The van der Waals surface area contributed by atoms with Crippen LogP contribution in [0.2, 0.25) is 0 Å². The van der Waals surface area contributed by atoms with Crippen LogP contribution in [0, 0.1) is 5.92 Å². The van der Waals surface area contributed by atoms with Gasteiger partial charge in [0.05, 0.1) is 0 Å². The molecule has 3 unspecified atom stereocenters. The molecular weight excluding hydrogens is 268 g/mol. The standard InChI is InChI=1S/C12H26N2O2S2/c1-4-10(3)11(8-13)14-6-7-17-9-12(14)18(15,16)5-2/h10-12H,4-9,13H2,1-3H3. The van der Waals surface area contributed by atoms with E-state index in [9.17, 15) is 8.42 Å². The van der Waals surface area contributed by atoms with E-state index in [2.05, 4.69) is 18.7 Å². The lowest BCUT2D eigenvalue weighted by Gasteiger charge is -2.42. The van der Waals surface area contributed by atoms with Crippen LogP contribution >= 0.6 is 11.8 Å². The van der Waals surface area contributed by atoms with E-state index in [4.69, 9.17) is 5.73 Å². The molecular formula is C12H26N2O2S2. The molecule has 1 aliphatic rings. The second-order valence-corrected chi connectivity index (χ2v) is 8.50. The van der Waals surface area contributed by atoms with Crippen molar-refractivity contribution in [3.63, 3.8) is 0 Å². The van der Waals surface area contributed by atoms with Crippen molar-refractivity contribution in [3.05, 3.63) is 0 Å². The van der Waals surface area contributed by atoms with Gasteiger partial charge in [-0.25, -0.2) is 8.42 Å². The van der Waals surface area contributed by atoms with Gasteiger partial charge in [0.1, 0.15) is 5.37 Å². The Hall–Kier alpha value is 0.220. The smallest absolute Gasteiger partial charge is 0.166 e. The summed E-state index contributed by atoms with van der Waals surface area (Å²) in [6.45, 7) is 7.40. The Labute approximate surface area is 116 Å². The van der Waals surface area contributed by atoms with E-state index in [0.717, 1.165) is 18.7 Å². The Morgan fingerprint density at radius 2 is 2.11 bits per heavy atom. The fraction of sp³-hybridized carbons (Fsp3) is 1.00. The Morgan fingerprint density at radius 3 is 2.61 bits per heavy atom. The molecule has 3 atom stereocenters. The van der Waals surface area contributed by atoms with Crippen LogP contribution in [-0.2, 0) is 9.84 Å². The molecule has 0 aromatic heterocycles. The highest BCUT2D eigenvalue weighted by Crippen LogP contribution is 2.26. The van der Waals surface area contributed by atoms with Crippen molar-refractivity contribution >= 4 is 21.6 Å². The van der Waals surface area contributed by atoms with Gasteiger partial charge in [0.2, 0.25) is 0 Å². The van der Waals surface area contributed by atoms with Crippen LogP contribution in [-0.4, -0.2) is 55.1 Å². The van der Waals surface area contributed by atoms with Gasteiger partial charge in [-0.2, -0.15) is 11.8 Å². The maximum atomic E-state index is 12.2. The average molecular weight is 294 g/mol. The maximum Gasteiger partial charge on any atom is 0.166 e. The SMILES string of the molecule is CCC(C)C(CN)N1CCSCC1S(=O)(=O)CC. The van der Waals surface area contributed by atoms with Gasteiger partial charge in [-0.15, -0.1) is 0 Å². The lowest BCUT2D eigenvalue weighted by atomic mass is 9.97. The topological polar surface area (TPSA) is 63.4 Å². The number of sulfone groups is 1. The summed E-state index contributed by atoms with van der Waals surface area (Å²) in [6, 6.07) is 0.183. The van der Waals surface area contributed by atoms with E-state index in [1.165, 1.54) is 0 Å². The third kappa shape index (κ3) is 3.62. The average Bonchev–Trinajstić information content (AvgIpc) is 2.39. The zero-order valence-electron chi connectivity index (χ0n) is 11.6. The summed E-state index contributed by atoms with van der Waals surface area (Å²) >= 11 is 1.73. The molecule has 1 heterocycles. The first-order valence-corrected chi connectivity index (χ1v) is 9.60. The van der Waals surface area contributed by atoms with Gasteiger partial charge in [-0.1, -0.05) is 27.2 Å². The second kappa shape index (κ2) is 7.12. The summed E-state index contributed by atoms with van der Waals surface area (Å²) in [5.74, 6) is 2.34. The fourth-order valence-corrected chi connectivity index (χ4v) is 5.52. The van der Waals surface area contributed by atoms with Crippen molar-refractivity contribution in [1.29, 1.82) is 0 Å². The van der Waals surface area contributed by atoms with E-state index in [1.807, 2.05) is 0 Å². The first-order valence-electron chi connectivity index (χ1n) is 6.73. The molecule has 0 aromatic carbocycles. The van der Waals surface area contributed by atoms with Crippen molar-refractivity contribution < 1.29 is 8.42 Å². The first kappa shape index (κ1) is 16.3. The minimum Gasteiger partial charge on any atom is -0.329 e. The number of rotatable bonds is 6. The number of hydrogen-bond acceptors (Lipinski definition) is 5. The quantitative estimate of drug-likeness (QED) is 0.797. The molecule has 1 rings (SSSR count). The van der Waals surface area contributed by atoms with Crippen molar-refractivity contribution in [2.75, 3.05) is 30.3 Å². The monoisotopic (exact) mass is 294 g/mol. The van der Waals surface area contributed by atoms with E-state index in [1.54, 1.807) is 18.7 Å². The molecule has 2 N–H and O–H groups in total. The van der Waals surface area contributed by atoms with E-state index >= 15 is 0 Å². The molecule has 1 fully saturated rings. The van der Waals surface area contributed by atoms with Crippen LogP contribution in [0.3, 0.4) is 0 Å². The van der Waals surface area contributed by atoms with Gasteiger partial charge in [0.15, 0.2) is 9.84 Å². The van der Waals surface area contributed by atoms with Gasteiger partial charge in [-0.3, -0.25) is 4.90 Å². The Morgan fingerprint density at radius 1 is 1.44 bits per heavy atom. The van der Waals surface area contributed by atoms with Crippen LogP contribution in [0.4, 0.5) is 0 Å². The Kier molecular flexibility index (Phi) is 6.44. The molecule has 0 spiro atoms. The van der Waals surface area contributed by atoms with Crippen LogP contribution in [0.5, 0.6) is 0 Å². The second-order valence-electron chi connectivity index (χ2n) is 4.91. The minimum absolute atomic E-state index is 0.183. The first-order chi connectivity index (χ1) is 8.47. The zero-order chi connectivity index (χ0) is 13.8. The largest absolute Gasteiger partial charge is 0.329 e. The summed E-state index contributed by atoms with van der Waals surface area (Å²) in [7, 11) is -3.02. The number of thioether (sulfide) groups is 1. The summed E-state index contributed by atoms with van der Waals surface area (Å²) in [5.41, 5.74) is 5.88. The van der Waals surface area contributed by atoms with Gasteiger partial charge >= 0.3 is 0 Å². The van der Waals surface area contributed by atoms with Crippen molar-refractivity contribution in [2.24, 2.45) is 11.7 Å². The minimum atomic E-state index is -3.02. The highest BCUT2D eigenvalue weighted by atomic mass is 32.2. The molecule has 6 heteroatoms. The third-order valence-electron chi connectivity index (χ3n) is 3.91. The van der Waals surface area contributed by atoms with Crippen LogP contribution in [0.15, 0.2) is 0 Å². The summed E-state index contributed by atoms with van der Waals surface area (Å²) in [6.07, 6.45) is 1.03. The highest BCUT2D eigenvalue weighted by Gasteiger charge is 2.37. The van der Waals surface area contributed by atoms with Gasteiger partial charge in [-0.05, 0) is 5.92 Å². The van der Waals surface area contributed by atoms with Crippen LogP contribution in [0.25, 0.3) is 0 Å². The molecule has 18 heavy (non-hydrogen) atoms. The normalized spacial score (nSPS) is 25.9. The highest BCUT2D eigenvalue weighted by molar-refractivity contribution is 8.01. The molecule has 0 bridgehead atoms. The van der Waals surface area contributed by atoms with E-state index in [0.29, 0.717) is 18.2 Å². The van der Waals surface area contributed by atoms with Gasteiger partial charge in [0, 0.05) is 36.4 Å². The fourth-order valence-electron chi connectivity index (χ4n) is 2.44. The lowest BCUT2D eigenvalue weighted by molar-refractivity contribution is 0.146. The maximum absolute atomic E-state index is 12.2. The summed E-state index contributed by atoms with van der Waals surface area (Å²) in [5, 5.41) is -0.344. The molecule has 0 saturated carbocycles. The van der Waals surface area contributed by atoms with Crippen molar-refractivity contribution in [3.8, 4) is 0 Å². The third-order valence-corrected chi connectivity index (χ3v) is 7.21. The summed E-state index contributed by atoms with van der Waals surface area (Å²) in [4.78, 5) is 2.14. The van der Waals surface area contributed by atoms with Gasteiger partial charge in [0.25, 0.3) is 0 Å². The van der Waals surface area contributed by atoms with Crippen LogP contribution < -0.4 is 5.73 Å². The predicted octanol–water partition coefficient (Wildman–Crippen LogP) is 1.17. The van der Waals surface area contributed by atoms with Crippen LogP contribution in [0.1, 0.15) is 27.2 Å². The molecule has 0 amide bonds.